The number of methoxy groups -OCH3 is 1. The van der Waals surface area contributed by atoms with Gasteiger partial charge in [0.15, 0.2) is 5.78 Å². The molecule has 1 atom stereocenters. The third-order valence-electron chi connectivity index (χ3n) is 2.65. The Morgan fingerprint density at radius 3 is 2.64 bits per heavy atom. The van der Waals surface area contributed by atoms with E-state index in [9.17, 15) is 9.59 Å². The highest BCUT2D eigenvalue weighted by atomic mass is 16.5. The molecule has 1 aliphatic rings. The van der Waals surface area contributed by atoms with Crippen molar-refractivity contribution < 1.29 is 19.1 Å². The Morgan fingerprint density at radius 1 is 1.57 bits per heavy atom. The molecular formula is C10H16O4. The summed E-state index contributed by atoms with van der Waals surface area (Å²) in [5, 5.41) is 0. The molecule has 1 aliphatic heterocycles. The van der Waals surface area contributed by atoms with E-state index in [1.165, 1.54) is 7.11 Å². The third kappa shape index (κ3) is 2.12. The van der Waals surface area contributed by atoms with Crippen molar-refractivity contribution in [2.75, 3.05) is 13.7 Å². The summed E-state index contributed by atoms with van der Waals surface area (Å²) in [6.07, 6.45) is 0.874. The van der Waals surface area contributed by atoms with E-state index in [0.717, 1.165) is 0 Å². The monoisotopic (exact) mass is 200 g/mol. The minimum Gasteiger partial charge on any atom is -0.469 e. The number of Topliss-reactive ketones (excluding diaryl/α,β-unsaturated/α-hetero) is 1. The van der Waals surface area contributed by atoms with Crippen LogP contribution in [-0.2, 0) is 19.1 Å². The Balaban J connectivity index is 2.63. The normalized spacial score (nSPS) is 23.4. The molecule has 0 unspecified atom stereocenters. The van der Waals surface area contributed by atoms with Crippen molar-refractivity contribution in [2.24, 2.45) is 5.41 Å². The largest absolute Gasteiger partial charge is 0.469 e. The zero-order chi connectivity index (χ0) is 10.8. The van der Waals surface area contributed by atoms with Crippen molar-refractivity contribution in [3.63, 3.8) is 0 Å². The summed E-state index contributed by atoms with van der Waals surface area (Å²) in [6, 6.07) is 0. The first kappa shape index (κ1) is 11.2. The number of ketones is 1. The smallest absolute Gasteiger partial charge is 0.313 e. The van der Waals surface area contributed by atoms with Crippen LogP contribution in [0.5, 0.6) is 0 Å². The minimum absolute atomic E-state index is 0.0990. The second-order valence-corrected chi connectivity index (χ2v) is 4.09. The summed E-state index contributed by atoms with van der Waals surface area (Å²) < 4.78 is 10.0. The number of hydrogen-bond acceptors (Lipinski definition) is 4. The minimum atomic E-state index is -0.671. The van der Waals surface area contributed by atoms with E-state index in [2.05, 4.69) is 0 Å². The molecular weight excluding hydrogens is 184 g/mol. The van der Waals surface area contributed by atoms with E-state index < -0.39 is 5.41 Å². The highest BCUT2D eigenvalue weighted by Crippen LogP contribution is 2.30. The summed E-state index contributed by atoms with van der Waals surface area (Å²) in [7, 11) is 1.36. The van der Waals surface area contributed by atoms with Gasteiger partial charge < -0.3 is 9.47 Å². The molecule has 4 heteroatoms. The van der Waals surface area contributed by atoms with Gasteiger partial charge in [0.2, 0.25) is 0 Å². The van der Waals surface area contributed by atoms with E-state index >= 15 is 0 Å². The van der Waals surface area contributed by atoms with Crippen LogP contribution in [0.15, 0.2) is 0 Å². The molecule has 1 fully saturated rings. The molecule has 0 aromatic heterocycles. The molecule has 0 radical (unpaired) electrons. The maximum atomic E-state index is 11.4. The van der Waals surface area contributed by atoms with Gasteiger partial charge in [-0.25, -0.2) is 0 Å². The number of esters is 1. The second-order valence-electron chi connectivity index (χ2n) is 4.09. The van der Waals surface area contributed by atoms with E-state index in [1.54, 1.807) is 13.8 Å². The van der Waals surface area contributed by atoms with Crippen LogP contribution in [0.2, 0.25) is 0 Å². The third-order valence-corrected chi connectivity index (χ3v) is 2.65. The van der Waals surface area contributed by atoms with Crippen LogP contribution in [0, 0.1) is 5.41 Å². The lowest BCUT2D eigenvalue weighted by Crippen LogP contribution is -2.43. The maximum Gasteiger partial charge on any atom is 0.313 e. The van der Waals surface area contributed by atoms with E-state index in [0.29, 0.717) is 12.8 Å². The number of carbonyl (C=O) groups is 2. The van der Waals surface area contributed by atoms with Crippen molar-refractivity contribution >= 4 is 11.8 Å². The van der Waals surface area contributed by atoms with Crippen LogP contribution in [0.1, 0.15) is 26.7 Å². The quantitative estimate of drug-likeness (QED) is 0.622. The molecule has 0 aliphatic carbocycles. The van der Waals surface area contributed by atoms with Crippen LogP contribution in [0.3, 0.4) is 0 Å². The maximum absolute atomic E-state index is 11.4. The summed E-state index contributed by atoms with van der Waals surface area (Å²) in [5.74, 6) is -0.196. The first-order chi connectivity index (χ1) is 6.48. The predicted molar refractivity (Wildman–Crippen MR) is 49.8 cm³/mol. The van der Waals surface area contributed by atoms with Gasteiger partial charge >= 0.3 is 5.97 Å². The molecule has 0 saturated carbocycles. The molecule has 0 spiro atoms. The number of rotatable bonds is 2. The molecule has 1 rings (SSSR count). The molecule has 0 amide bonds. The van der Waals surface area contributed by atoms with Gasteiger partial charge in [0, 0.05) is 6.42 Å². The van der Waals surface area contributed by atoms with Crippen LogP contribution < -0.4 is 0 Å². The van der Waals surface area contributed by atoms with Gasteiger partial charge in [0.05, 0.1) is 18.6 Å². The van der Waals surface area contributed by atoms with Crippen molar-refractivity contribution in [1.82, 2.24) is 0 Å². The van der Waals surface area contributed by atoms with E-state index in [1.807, 2.05) is 0 Å². The lowest BCUT2D eigenvalue weighted by molar-refractivity contribution is -0.165. The van der Waals surface area contributed by atoms with Crippen molar-refractivity contribution in [3.05, 3.63) is 0 Å². The average molecular weight is 200 g/mol. The number of carbonyl (C=O) groups excluding carboxylic acids is 2. The van der Waals surface area contributed by atoms with Crippen LogP contribution >= 0.6 is 0 Å². The molecule has 1 saturated heterocycles. The molecule has 4 nitrogen and oxygen atoms in total. The van der Waals surface area contributed by atoms with E-state index in [4.69, 9.17) is 9.47 Å². The van der Waals surface area contributed by atoms with Gasteiger partial charge in [0.25, 0.3) is 0 Å². The van der Waals surface area contributed by atoms with Crippen molar-refractivity contribution in [1.29, 1.82) is 0 Å². The van der Waals surface area contributed by atoms with Gasteiger partial charge in [-0.15, -0.1) is 0 Å². The molecule has 14 heavy (non-hydrogen) atoms. The Morgan fingerprint density at radius 2 is 2.21 bits per heavy atom. The van der Waals surface area contributed by atoms with Crippen LogP contribution in [-0.4, -0.2) is 31.6 Å². The van der Waals surface area contributed by atoms with Gasteiger partial charge in [-0.2, -0.15) is 0 Å². The molecule has 1 heterocycles. The Labute approximate surface area is 83.6 Å². The lowest BCUT2D eigenvalue weighted by atomic mass is 9.82. The topological polar surface area (TPSA) is 52.6 Å². The van der Waals surface area contributed by atoms with Gasteiger partial charge in [0.1, 0.15) is 6.61 Å². The summed E-state index contributed by atoms with van der Waals surface area (Å²) in [4.78, 5) is 22.4. The standard InChI is InChI=1S/C10H16O4/c1-10(2,9(12)13-3)8-5-4-7(11)6-14-8/h8H,4-6H2,1-3H3/t8-/m0/s1. The van der Waals surface area contributed by atoms with Crippen molar-refractivity contribution in [3.8, 4) is 0 Å². The average Bonchev–Trinajstić information content (AvgIpc) is 2.17. The van der Waals surface area contributed by atoms with Gasteiger partial charge in [-0.05, 0) is 20.3 Å². The molecule has 0 aromatic rings. The fourth-order valence-electron chi connectivity index (χ4n) is 1.60. The Bertz CT molecular complexity index is 235. The zero-order valence-electron chi connectivity index (χ0n) is 8.83. The molecule has 80 valence electrons. The fourth-order valence-corrected chi connectivity index (χ4v) is 1.60. The van der Waals surface area contributed by atoms with E-state index in [-0.39, 0.29) is 24.5 Å². The van der Waals surface area contributed by atoms with Crippen LogP contribution in [0.4, 0.5) is 0 Å². The SMILES string of the molecule is COC(=O)C(C)(C)[C@@H]1CCC(=O)CO1. The fraction of sp³-hybridized carbons (Fsp3) is 0.800. The number of hydrogen-bond donors (Lipinski definition) is 0. The highest BCUT2D eigenvalue weighted by molar-refractivity contribution is 5.81. The first-order valence-corrected chi connectivity index (χ1v) is 4.70. The Hall–Kier alpha value is -0.900. The Kier molecular flexibility index (Phi) is 3.26. The van der Waals surface area contributed by atoms with Gasteiger partial charge in [-0.3, -0.25) is 9.59 Å². The summed E-state index contributed by atoms with van der Waals surface area (Å²) >= 11 is 0. The second kappa shape index (κ2) is 4.09. The number of ether oxygens (including phenoxy) is 2. The van der Waals surface area contributed by atoms with Crippen LogP contribution in [0.25, 0.3) is 0 Å². The first-order valence-electron chi connectivity index (χ1n) is 4.70. The summed E-state index contributed by atoms with van der Waals surface area (Å²) in [6.45, 7) is 3.67. The molecule has 0 N–H and O–H groups in total. The highest BCUT2D eigenvalue weighted by Gasteiger charge is 2.40. The molecule has 0 aromatic carbocycles. The van der Waals surface area contributed by atoms with Crippen molar-refractivity contribution in [2.45, 2.75) is 32.8 Å². The summed E-state index contributed by atoms with van der Waals surface area (Å²) in [5.41, 5.74) is -0.671. The predicted octanol–water partition coefficient (Wildman–Crippen LogP) is 0.934. The van der Waals surface area contributed by atoms with Gasteiger partial charge in [-0.1, -0.05) is 0 Å². The molecule has 0 bridgehead atoms. The zero-order valence-corrected chi connectivity index (χ0v) is 8.83. The lowest BCUT2D eigenvalue weighted by Gasteiger charge is -2.33.